The molecule has 0 unspecified atom stereocenters. The molecule has 0 bridgehead atoms. The van der Waals surface area contributed by atoms with Crippen LogP contribution in [0.2, 0.25) is 0 Å². The van der Waals surface area contributed by atoms with Gasteiger partial charge in [-0.2, -0.15) is 0 Å². The van der Waals surface area contributed by atoms with Crippen molar-refractivity contribution in [1.29, 1.82) is 5.41 Å². The number of carboxylic acid groups (broad SMARTS) is 2. The molecule has 116 valence electrons. The monoisotopic (exact) mass is 291 g/mol. The summed E-state index contributed by atoms with van der Waals surface area (Å²) in [6, 6.07) is 0. The molecule has 0 amide bonds. The first kappa shape index (κ1) is 26.2. The first-order valence-corrected chi connectivity index (χ1v) is 5.47. The molecule has 0 spiro atoms. The highest BCUT2D eigenvalue weighted by molar-refractivity contribution is 5.81. The Hall–Kier alpha value is -2.47. The number of carboxylic acids is 2. The second-order valence-corrected chi connectivity index (χ2v) is 2.72. The summed E-state index contributed by atoms with van der Waals surface area (Å²) in [7, 11) is 0. The summed E-state index contributed by atoms with van der Waals surface area (Å²) in [6.07, 6.45) is 2.92. The lowest BCUT2D eigenvalue weighted by molar-refractivity contribution is -0.138. The normalized spacial score (nSPS) is 6.75. The van der Waals surface area contributed by atoms with E-state index in [-0.39, 0.29) is 5.97 Å². The number of ether oxygens (including phenoxy) is 1. The third-order valence-corrected chi connectivity index (χ3v) is 0.917. The Labute approximate surface area is 117 Å². The quantitative estimate of drug-likeness (QED) is 0.309. The minimum absolute atomic E-state index is 0.292. The second kappa shape index (κ2) is 25.4. The van der Waals surface area contributed by atoms with Crippen molar-refractivity contribution in [3.63, 3.8) is 0 Å². The zero-order chi connectivity index (χ0) is 17.0. The number of isocyanates is 1. The predicted molar refractivity (Wildman–Crippen MR) is 71.1 cm³/mol. The van der Waals surface area contributed by atoms with Crippen LogP contribution in [0.25, 0.3) is 0 Å². The van der Waals surface area contributed by atoms with Crippen LogP contribution in [0.5, 0.6) is 0 Å². The highest BCUT2D eigenvalue weighted by Crippen LogP contribution is 1.82. The van der Waals surface area contributed by atoms with Crippen LogP contribution in [-0.4, -0.2) is 40.8 Å². The van der Waals surface area contributed by atoms with Crippen LogP contribution < -0.4 is 0 Å². The van der Waals surface area contributed by atoms with Crippen molar-refractivity contribution in [2.75, 3.05) is 6.61 Å². The molecule has 0 aromatic rings. The van der Waals surface area contributed by atoms with Crippen LogP contribution in [-0.2, 0) is 23.9 Å². The maximum absolute atomic E-state index is 10.1. The molecule has 0 aliphatic heterocycles. The Kier molecular flexibility index (Phi) is 33.2. The van der Waals surface area contributed by atoms with E-state index >= 15 is 0 Å². The topological polar surface area (TPSA) is 142 Å². The molecule has 0 radical (unpaired) electrons. The van der Waals surface area contributed by atoms with Gasteiger partial charge in [0.15, 0.2) is 0 Å². The van der Waals surface area contributed by atoms with E-state index in [0.717, 1.165) is 25.5 Å². The van der Waals surface area contributed by atoms with E-state index in [4.69, 9.17) is 25.2 Å². The number of rotatable bonds is 4. The van der Waals surface area contributed by atoms with Gasteiger partial charge < -0.3 is 14.9 Å². The fourth-order valence-electron chi connectivity index (χ4n) is 0.415. The minimum Gasteiger partial charge on any atom is -0.481 e. The van der Waals surface area contributed by atoms with Crippen molar-refractivity contribution in [2.24, 2.45) is 0 Å². The number of carbonyl (C=O) groups excluding carboxylic acids is 2. The van der Waals surface area contributed by atoms with Gasteiger partial charge in [-0.25, -0.2) is 15.0 Å². The van der Waals surface area contributed by atoms with E-state index in [1.54, 1.807) is 6.92 Å². The van der Waals surface area contributed by atoms with Gasteiger partial charge in [-0.3, -0.25) is 9.59 Å². The van der Waals surface area contributed by atoms with Crippen LogP contribution in [0.15, 0.2) is 12.7 Å². The first-order chi connectivity index (χ1) is 9.22. The molecule has 0 atom stereocenters. The number of aliphatic carboxylic acids is 2. The van der Waals surface area contributed by atoms with E-state index in [1.165, 1.54) is 0 Å². The molecular formula is C12H21NO7. The Morgan fingerprint density at radius 1 is 1.30 bits per heavy atom. The zero-order valence-electron chi connectivity index (χ0n) is 11.8. The van der Waals surface area contributed by atoms with Crippen molar-refractivity contribution in [1.82, 2.24) is 0 Å². The highest BCUT2D eigenvalue weighted by atomic mass is 16.5. The molecule has 8 heteroatoms. The van der Waals surface area contributed by atoms with Crippen LogP contribution >= 0.6 is 0 Å². The van der Waals surface area contributed by atoms with Crippen LogP contribution in [0.4, 0.5) is 0 Å². The van der Waals surface area contributed by atoms with Gasteiger partial charge in [0.2, 0.25) is 6.08 Å². The fourth-order valence-corrected chi connectivity index (χ4v) is 0.415. The van der Waals surface area contributed by atoms with Gasteiger partial charge in [0.05, 0.1) is 6.61 Å². The third kappa shape index (κ3) is 107. The molecule has 0 aliphatic carbocycles. The van der Waals surface area contributed by atoms with Gasteiger partial charge in [-0.05, 0) is 13.3 Å². The number of nitrogens with one attached hydrogen (secondary N) is 1. The third-order valence-electron chi connectivity index (χ3n) is 0.917. The predicted octanol–water partition coefficient (Wildman–Crippen LogP) is 1.60. The molecular weight excluding hydrogens is 270 g/mol. The number of carbonyl (C=O) groups is 3. The molecule has 0 aliphatic rings. The van der Waals surface area contributed by atoms with Crippen molar-refractivity contribution in [2.45, 2.75) is 33.6 Å². The Morgan fingerprint density at radius 2 is 1.65 bits per heavy atom. The molecule has 0 rings (SSSR count). The van der Waals surface area contributed by atoms with E-state index in [9.17, 15) is 9.59 Å². The lowest BCUT2D eigenvalue weighted by Crippen LogP contribution is -1.97. The van der Waals surface area contributed by atoms with Gasteiger partial charge in [0, 0.05) is 19.4 Å². The second-order valence-electron chi connectivity index (χ2n) is 2.72. The highest BCUT2D eigenvalue weighted by Gasteiger charge is 1.87. The lowest BCUT2D eigenvalue weighted by atomic mass is 10.4. The molecule has 0 heterocycles. The summed E-state index contributed by atoms with van der Waals surface area (Å²) in [5.41, 5.74) is 0. The smallest absolute Gasteiger partial charge is 0.330 e. The Bertz CT molecular complexity index is 303. The summed E-state index contributed by atoms with van der Waals surface area (Å²) in [4.78, 5) is 37.0. The van der Waals surface area contributed by atoms with Crippen LogP contribution in [0, 0.1) is 5.41 Å². The molecule has 0 saturated heterocycles. The van der Waals surface area contributed by atoms with Crippen molar-refractivity contribution >= 4 is 24.0 Å². The lowest BCUT2D eigenvalue weighted by Gasteiger charge is -1.90. The van der Waals surface area contributed by atoms with Gasteiger partial charge in [0.1, 0.15) is 0 Å². The van der Waals surface area contributed by atoms with Crippen molar-refractivity contribution < 1.29 is 34.1 Å². The van der Waals surface area contributed by atoms with E-state index in [2.05, 4.69) is 11.3 Å². The molecule has 0 saturated carbocycles. The molecule has 8 nitrogen and oxygen atoms in total. The number of hydrogen-bond acceptors (Lipinski definition) is 6. The summed E-state index contributed by atoms with van der Waals surface area (Å²) in [6.45, 7) is 8.30. The van der Waals surface area contributed by atoms with E-state index in [0.29, 0.717) is 13.0 Å². The first-order valence-electron chi connectivity index (χ1n) is 5.47. The van der Waals surface area contributed by atoms with Gasteiger partial charge in [-0.1, -0.05) is 13.5 Å². The molecule has 3 N–H and O–H groups in total. The molecule has 0 aromatic carbocycles. The maximum atomic E-state index is 10.1. The molecule has 20 heavy (non-hydrogen) atoms. The van der Waals surface area contributed by atoms with Gasteiger partial charge in [-0.15, -0.1) is 0 Å². The average Bonchev–Trinajstić information content (AvgIpc) is 2.30. The average molecular weight is 291 g/mol. The van der Waals surface area contributed by atoms with Crippen LogP contribution in [0.1, 0.15) is 33.6 Å². The minimum atomic E-state index is -0.833. The van der Waals surface area contributed by atoms with Crippen molar-refractivity contribution in [3.05, 3.63) is 12.7 Å². The Morgan fingerprint density at radius 3 is 1.70 bits per heavy atom. The van der Waals surface area contributed by atoms with Gasteiger partial charge in [0.25, 0.3) is 5.97 Å². The number of esters is 1. The van der Waals surface area contributed by atoms with Crippen LogP contribution in [0.3, 0.4) is 0 Å². The summed E-state index contributed by atoms with van der Waals surface area (Å²) in [5.74, 6) is -1.90. The molecule has 0 aromatic heterocycles. The largest absolute Gasteiger partial charge is 0.481 e. The van der Waals surface area contributed by atoms with E-state index in [1.807, 2.05) is 6.92 Å². The zero-order valence-corrected chi connectivity index (χ0v) is 11.8. The summed E-state index contributed by atoms with van der Waals surface area (Å²) >= 11 is 0. The number of hydrogen-bond donors (Lipinski definition) is 3. The van der Waals surface area contributed by atoms with Gasteiger partial charge >= 0.3 is 11.9 Å². The van der Waals surface area contributed by atoms with E-state index < -0.39 is 11.9 Å². The fraction of sp³-hybridized carbons (Fsp3) is 0.500. The Balaban J connectivity index is -0.0000000899. The van der Waals surface area contributed by atoms with Crippen molar-refractivity contribution in [3.8, 4) is 0 Å². The summed E-state index contributed by atoms with van der Waals surface area (Å²) in [5, 5.41) is 20.7. The summed E-state index contributed by atoms with van der Waals surface area (Å²) < 4.78 is 4.43. The maximum Gasteiger partial charge on any atom is 0.330 e. The molecule has 0 fully saturated rings. The standard InChI is InChI=1S/C5H8O2.C4H8O2.C2H4O2.CHNO/c1-3-5(6)7-4-2;1-2-3-4(5)6;1-2(3)4;2-1-3/h3H,1,4H2,2H3;2-3H2,1H3,(H,5,6);1H3,(H,3,4);2H. The SMILES string of the molecule is C=CC(=O)OCC.CC(=O)O.CCCC(=O)O.N=C=O.